The van der Waals surface area contributed by atoms with Crippen LogP contribution in [0.25, 0.3) is 0 Å². The molecule has 0 spiro atoms. The minimum atomic E-state index is -0.0427. The summed E-state index contributed by atoms with van der Waals surface area (Å²) < 4.78 is 12.0. The van der Waals surface area contributed by atoms with Crippen LogP contribution in [0.15, 0.2) is 0 Å². The normalized spacial score (nSPS) is 22.6. The van der Waals surface area contributed by atoms with Crippen molar-refractivity contribution in [3.05, 3.63) is 0 Å². The van der Waals surface area contributed by atoms with Crippen molar-refractivity contribution < 1.29 is 19.1 Å². The molecule has 42 heavy (non-hydrogen) atoms. The monoisotopic (exact) mass is 593 g/mol. The van der Waals surface area contributed by atoms with Gasteiger partial charge in [0, 0.05) is 60.7 Å². The lowest BCUT2D eigenvalue weighted by Crippen LogP contribution is -2.62. The maximum Gasteiger partial charge on any atom is 0.306 e. The maximum absolute atomic E-state index is 12.6. The molecular formula is C36H68N2O4. The van der Waals surface area contributed by atoms with E-state index in [1.807, 2.05) is 0 Å². The Morgan fingerprint density at radius 2 is 0.810 bits per heavy atom. The van der Waals surface area contributed by atoms with Crippen LogP contribution in [0.5, 0.6) is 0 Å². The van der Waals surface area contributed by atoms with Gasteiger partial charge < -0.3 is 9.47 Å². The number of piperidine rings is 2. The van der Waals surface area contributed by atoms with Gasteiger partial charge in [-0.1, -0.05) is 52.4 Å². The molecule has 6 nitrogen and oxygen atoms in total. The Kier molecular flexibility index (Phi) is 14.3. The molecule has 0 aromatic carbocycles. The Morgan fingerprint density at radius 1 is 0.524 bits per heavy atom. The van der Waals surface area contributed by atoms with Gasteiger partial charge in [-0.05, 0) is 94.2 Å². The molecule has 0 N–H and O–H groups in total. The third-order valence-electron chi connectivity index (χ3n) is 9.91. The summed E-state index contributed by atoms with van der Waals surface area (Å²) in [6.45, 7) is 25.1. The van der Waals surface area contributed by atoms with Gasteiger partial charge in [0.25, 0.3) is 0 Å². The zero-order chi connectivity index (χ0) is 31.6. The SMILES string of the molecule is CCCCN1C(C)(C)CC(OC(=O)CCCCCCCCC(=O)OC2CC(C)(C)N(CCCC)C(C)(C)C2)CC1(C)C. The number of carbonyl (C=O) groups excluding carboxylic acids is 2. The van der Waals surface area contributed by atoms with Gasteiger partial charge in [-0.2, -0.15) is 0 Å². The van der Waals surface area contributed by atoms with E-state index in [1.165, 1.54) is 25.7 Å². The first-order valence-electron chi connectivity index (χ1n) is 17.5. The Balaban J connectivity index is 1.59. The summed E-state index contributed by atoms with van der Waals surface area (Å²) in [7, 11) is 0. The standard InChI is InChI=1S/C36H68N2O4/c1-11-13-23-37-33(3,4)25-29(26-34(37,5)6)41-31(39)21-19-17-15-16-18-20-22-32(40)42-30-27-35(7,8)38(24-14-12-2)36(9,10)28-30/h29-30H,11-28H2,1-10H3. The van der Waals surface area contributed by atoms with E-state index in [-0.39, 0.29) is 46.3 Å². The molecule has 2 heterocycles. The molecule has 246 valence electrons. The van der Waals surface area contributed by atoms with E-state index in [0.717, 1.165) is 77.3 Å². The van der Waals surface area contributed by atoms with Crippen LogP contribution < -0.4 is 0 Å². The van der Waals surface area contributed by atoms with Crippen LogP contribution in [-0.2, 0) is 19.1 Å². The second kappa shape index (κ2) is 16.3. The number of esters is 2. The Hall–Kier alpha value is -1.14. The molecule has 0 atom stereocenters. The first-order valence-corrected chi connectivity index (χ1v) is 17.5. The number of hydrogen-bond acceptors (Lipinski definition) is 6. The number of likely N-dealkylation sites (tertiary alicyclic amines) is 2. The van der Waals surface area contributed by atoms with Crippen molar-refractivity contribution in [1.82, 2.24) is 9.80 Å². The Labute approximate surface area is 260 Å². The second-order valence-electron chi connectivity index (χ2n) is 15.9. The number of nitrogens with zero attached hydrogens (tertiary/aromatic N) is 2. The van der Waals surface area contributed by atoms with Crippen LogP contribution in [0.4, 0.5) is 0 Å². The van der Waals surface area contributed by atoms with E-state index in [0.29, 0.717) is 12.8 Å². The van der Waals surface area contributed by atoms with Crippen LogP contribution in [0.3, 0.4) is 0 Å². The second-order valence-corrected chi connectivity index (χ2v) is 15.9. The molecule has 0 unspecified atom stereocenters. The average Bonchev–Trinajstić information content (AvgIpc) is 2.83. The molecule has 0 aliphatic carbocycles. The van der Waals surface area contributed by atoms with Gasteiger partial charge in [0.15, 0.2) is 0 Å². The number of unbranched alkanes of at least 4 members (excludes halogenated alkanes) is 7. The van der Waals surface area contributed by atoms with Crippen LogP contribution in [0.1, 0.15) is 172 Å². The molecule has 0 bridgehead atoms. The molecule has 0 amide bonds. The maximum atomic E-state index is 12.6. The fourth-order valence-electron chi connectivity index (χ4n) is 8.20. The molecule has 2 aliphatic heterocycles. The van der Waals surface area contributed by atoms with Crippen molar-refractivity contribution in [3.8, 4) is 0 Å². The van der Waals surface area contributed by atoms with E-state index in [2.05, 4.69) is 79.0 Å². The largest absolute Gasteiger partial charge is 0.462 e. The van der Waals surface area contributed by atoms with Crippen molar-refractivity contribution in [1.29, 1.82) is 0 Å². The van der Waals surface area contributed by atoms with Gasteiger partial charge >= 0.3 is 11.9 Å². The van der Waals surface area contributed by atoms with Crippen LogP contribution in [-0.4, -0.2) is 69.2 Å². The fourth-order valence-corrected chi connectivity index (χ4v) is 8.20. The summed E-state index contributed by atoms with van der Waals surface area (Å²) in [6, 6.07) is 0. The summed E-state index contributed by atoms with van der Waals surface area (Å²) in [4.78, 5) is 30.5. The van der Waals surface area contributed by atoms with Crippen molar-refractivity contribution in [2.24, 2.45) is 0 Å². The van der Waals surface area contributed by atoms with Crippen LogP contribution in [0.2, 0.25) is 0 Å². The molecule has 2 fully saturated rings. The minimum Gasteiger partial charge on any atom is -0.462 e. The number of carbonyl (C=O) groups is 2. The third kappa shape index (κ3) is 11.4. The zero-order valence-corrected chi connectivity index (χ0v) is 29.4. The lowest BCUT2D eigenvalue weighted by atomic mass is 9.78. The van der Waals surface area contributed by atoms with E-state index < -0.39 is 0 Å². The quantitative estimate of drug-likeness (QED) is 0.124. The molecule has 0 aromatic heterocycles. The summed E-state index contributed by atoms with van der Waals surface area (Å²) >= 11 is 0. The molecule has 6 heteroatoms. The van der Waals surface area contributed by atoms with Crippen LogP contribution >= 0.6 is 0 Å². The average molecular weight is 593 g/mol. The predicted octanol–water partition coefficient (Wildman–Crippen LogP) is 8.84. The van der Waals surface area contributed by atoms with Gasteiger partial charge in [-0.25, -0.2) is 0 Å². The molecule has 0 radical (unpaired) electrons. The van der Waals surface area contributed by atoms with Gasteiger partial charge in [0.05, 0.1) is 0 Å². The van der Waals surface area contributed by atoms with E-state index >= 15 is 0 Å². The highest BCUT2D eigenvalue weighted by Gasteiger charge is 2.47. The third-order valence-corrected chi connectivity index (χ3v) is 9.91. The highest BCUT2D eigenvalue weighted by atomic mass is 16.5. The van der Waals surface area contributed by atoms with E-state index in [9.17, 15) is 9.59 Å². The number of hydrogen-bond donors (Lipinski definition) is 0. The first-order chi connectivity index (χ1) is 19.5. The zero-order valence-electron chi connectivity index (χ0n) is 29.4. The topological polar surface area (TPSA) is 59.1 Å². The minimum absolute atomic E-state index is 0.00545. The van der Waals surface area contributed by atoms with Crippen molar-refractivity contribution >= 4 is 11.9 Å². The van der Waals surface area contributed by atoms with Gasteiger partial charge in [-0.3, -0.25) is 19.4 Å². The molecule has 0 aromatic rings. The number of rotatable bonds is 17. The first kappa shape index (κ1) is 37.0. The highest BCUT2D eigenvalue weighted by Crippen LogP contribution is 2.41. The Bertz CT molecular complexity index is 730. The van der Waals surface area contributed by atoms with E-state index in [4.69, 9.17) is 9.47 Å². The molecule has 2 saturated heterocycles. The Morgan fingerprint density at radius 3 is 1.10 bits per heavy atom. The van der Waals surface area contributed by atoms with Gasteiger partial charge in [0.1, 0.15) is 12.2 Å². The molecule has 0 saturated carbocycles. The summed E-state index contributed by atoms with van der Waals surface area (Å²) in [5.74, 6) is -0.0854. The van der Waals surface area contributed by atoms with E-state index in [1.54, 1.807) is 0 Å². The lowest BCUT2D eigenvalue weighted by Gasteiger charge is -2.55. The van der Waals surface area contributed by atoms with Crippen molar-refractivity contribution in [2.45, 2.75) is 206 Å². The van der Waals surface area contributed by atoms with Crippen LogP contribution in [0, 0.1) is 0 Å². The fraction of sp³-hybridized carbons (Fsp3) is 0.944. The molecular weight excluding hydrogens is 524 g/mol. The van der Waals surface area contributed by atoms with Gasteiger partial charge in [0.2, 0.25) is 0 Å². The molecule has 2 rings (SSSR count). The number of ether oxygens (including phenoxy) is 2. The highest BCUT2D eigenvalue weighted by molar-refractivity contribution is 5.69. The van der Waals surface area contributed by atoms with Crippen molar-refractivity contribution in [3.63, 3.8) is 0 Å². The van der Waals surface area contributed by atoms with Gasteiger partial charge in [-0.15, -0.1) is 0 Å². The summed E-state index contributed by atoms with van der Waals surface area (Å²) in [5.41, 5.74) is 0.140. The lowest BCUT2D eigenvalue weighted by molar-refractivity contribution is -0.161. The summed E-state index contributed by atoms with van der Waals surface area (Å²) in [6.07, 6.45) is 15.5. The molecule has 2 aliphatic rings. The summed E-state index contributed by atoms with van der Waals surface area (Å²) in [5, 5.41) is 0. The predicted molar refractivity (Wildman–Crippen MR) is 175 cm³/mol. The smallest absolute Gasteiger partial charge is 0.306 e. The van der Waals surface area contributed by atoms with Crippen molar-refractivity contribution in [2.75, 3.05) is 13.1 Å².